The van der Waals surface area contributed by atoms with Gasteiger partial charge in [0.15, 0.2) is 0 Å². The van der Waals surface area contributed by atoms with Crippen LogP contribution in [0.15, 0.2) is 12.1 Å². The fourth-order valence-corrected chi connectivity index (χ4v) is 1.34. The van der Waals surface area contributed by atoms with Crippen LogP contribution in [-0.4, -0.2) is 10.9 Å². The molecule has 0 aromatic carbocycles. The maximum atomic E-state index is 11.0. The minimum absolute atomic E-state index is 0.0700. The SMILES string of the molecule is CC.Cc1ccc2c(n1)NC(=O)CC2. The number of anilines is 1. The molecule has 1 aliphatic rings. The van der Waals surface area contributed by atoms with E-state index in [9.17, 15) is 4.79 Å². The Hall–Kier alpha value is -1.38. The van der Waals surface area contributed by atoms with Crippen LogP contribution in [0.25, 0.3) is 0 Å². The van der Waals surface area contributed by atoms with E-state index < -0.39 is 0 Å². The first-order valence-electron chi connectivity index (χ1n) is 5.02. The van der Waals surface area contributed by atoms with Crippen LogP contribution in [-0.2, 0) is 11.2 Å². The van der Waals surface area contributed by atoms with Crippen LogP contribution in [0.2, 0.25) is 0 Å². The largest absolute Gasteiger partial charge is 0.310 e. The van der Waals surface area contributed by atoms with Crippen molar-refractivity contribution in [3.63, 3.8) is 0 Å². The second-order valence-electron chi connectivity index (χ2n) is 3.01. The number of nitrogens with zero attached hydrogens (tertiary/aromatic N) is 1. The summed E-state index contributed by atoms with van der Waals surface area (Å²) >= 11 is 0. The summed E-state index contributed by atoms with van der Waals surface area (Å²) < 4.78 is 0. The number of amides is 1. The lowest BCUT2D eigenvalue weighted by atomic mass is 10.1. The molecule has 0 spiro atoms. The van der Waals surface area contributed by atoms with Gasteiger partial charge in [0.1, 0.15) is 5.82 Å². The highest BCUT2D eigenvalue weighted by Crippen LogP contribution is 2.19. The third kappa shape index (κ3) is 2.31. The standard InChI is InChI=1S/C9H10N2O.C2H6/c1-6-2-3-7-4-5-8(12)11-9(7)10-6;1-2/h2-3H,4-5H2,1H3,(H,10,11,12);1-2H3. The lowest BCUT2D eigenvalue weighted by Crippen LogP contribution is -2.20. The van der Waals surface area contributed by atoms with Crippen molar-refractivity contribution in [2.45, 2.75) is 33.6 Å². The van der Waals surface area contributed by atoms with Crippen molar-refractivity contribution in [2.75, 3.05) is 5.32 Å². The number of nitrogens with one attached hydrogen (secondary N) is 1. The minimum Gasteiger partial charge on any atom is -0.310 e. The van der Waals surface area contributed by atoms with Crippen LogP contribution in [0.5, 0.6) is 0 Å². The van der Waals surface area contributed by atoms with E-state index >= 15 is 0 Å². The van der Waals surface area contributed by atoms with Crippen molar-refractivity contribution in [2.24, 2.45) is 0 Å². The predicted octanol–water partition coefficient (Wildman–Crippen LogP) is 2.30. The fraction of sp³-hybridized carbons (Fsp3) is 0.455. The predicted molar refractivity (Wildman–Crippen MR) is 57.3 cm³/mol. The van der Waals surface area contributed by atoms with E-state index in [0.717, 1.165) is 23.5 Å². The second-order valence-corrected chi connectivity index (χ2v) is 3.01. The molecule has 76 valence electrons. The summed E-state index contributed by atoms with van der Waals surface area (Å²) in [6.07, 6.45) is 1.40. The minimum atomic E-state index is 0.0700. The molecule has 0 saturated heterocycles. The highest BCUT2D eigenvalue weighted by Gasteiger charge is 2.14. The topological polar surface area (TPSA) is 42.0 Å². The van der Waals surface area contributed by atoms with Gasteiger partial charge in [-0.2, -0.15) is 0 Å². The first kappa shape index (κ1) is 10.7. The van der Waals surface area contributed by atoms with Gasteiger partial charge in [-0.3, -0.25) is 4.79 Å². The fourth-order valence-electron chi connectivity index (χ4n) is 1.34. The monoisotopic (exact) mass is 192 g/mol. The molecule has 0 atom stereocenters. The number of pyridine rings is 1. The molecule has 0 unspecified atom stereocenters. The van der Waals surface area contributed by atoms with E-state index in [0.29, 0.717) is 6.42 Å². The van der Waals surface area contributed by atoms with Crippen LogP contribution >= 0.6 is 0 Å². The molecule has 1 aromatic rings. The Balaban J connectivity index is 0.000000461. The molecule has 0 saturated carbocycles. The smallest absolute Gasteiger partial charge is 0.225 e. The Kier molecular flexibility index (Phi) is 3.63. The summed E-state index contributed by atoms with van der Waals surface area (Å²) in [5, 5.41) is 2.75. The van der Waals surface area contributed by atoms with Crippen molar-refractivity contribution in [1.82, 2.24) is 4.98 Å². The molecule has 0 radical (unpaired) electrons. The van der Waals surface area contributed by atoms with Gasteiger partial charge in [0.25, 0.3) is 0 Å². The van der Waals surface area contributed by atoms with Gasteiger partial charge in [-0.25, -0.2) is 4.98 Å². The molecule has 0 aliphatic carbocycles. The molecule has 14 heavy (non-hydrogen) atoms. The molecule has 0 bridgehead atoms. The zero-order chi connectivity index (χ0) is 10.6. The van der Waals surface area contributed by atoms with Crippen LogP contribution in [0.4, 0.5) is 5.82 Å². The van der Waals surface area contributed by atoms with Gasteiger partial charge >= 0.3 is 0 Å². The van der Waals surface area contributed by atoms with E-state index in [1.54, 1.807) is 0 Å². The van der Waals surface area contributed by atoms with Crippen LogP contribution in [0.1, 0.15) is 31.5 Å². The number of fused-ring (bicyclic) bond motifs is 1. The highest BCUT2D eigenvalue weighted by molar-refractivity contribution is 5.92. The van der Waals surface area contributed by atoms with E-state index in [1.165, 1.54) is 0 Å². The van der Waals surface area contributed by atoms with Crippen molar-refractivity contribution >= 4 is 11.7 Å². The molecular weight excluding hydrogens is 176 g/mol. The van der Waals surface area contributed by atoms with Gasteiger partial charge in [0.2, 0.25) is 5.91 Å². The first-order chi connectivity index (χ1) is 6.75. The van der Waals surface area contributed by atoms with Crippen molar-refractivity contribution in [3.05, 3.63) is 23.4 Å². The Morgan fingerprint density at radius 1 is 1.29 bits per heavy atom. The number of carbonyl (C=O) groups is 1. The van der Waals surface area contributed by atoms with Crippen molar-refractivity contribution in [1.29, 1.82) is 0 Å². The van der Waals surface area contributed by atoms with Crippen LogP contribution in [0, 0.1) is 6.92 Å². The number of hydrogen-bond acceptors (Lipinski definition) is 2. The summed E-state index contributed by atoms with van der Waals surface area (Å²) in [6.45, 7) is 5.92. The van der Waals surface area contributed by atoms with E-state index in [1.807, 2.05) is 32.9 Å². The van der Waals surface area contributed by atoms with Gasteiger partial charge in [-0.1, -0.05) is 19.9 Å². The number of carbonyl (C=O) groups excluding carboxylic acids is 1. The highest BCUT2D eigenvalue weighted by atomic mass is 16.1. The maximum absolute atomic E-state index is 11.0. The average Bonchev–Trinajstić information content (AvgIpc) is 2.20. The average molecular weight is 192 g/mol. The van der Waals surface area contributed by atoms with Crippen LogP contribution in [0.3, 0.4) is 0 Å². The Labute approximate surface area is 84.6 Å². The summed E-state index contributed by atoms with van der Waals surface area (Å²) in [5.74, 6) is 0.812. The van der Waals surface area contributed by atoms with Crippen molar-refractivity contribution < 1.29 is 4.79 Å². The van der Waals surface area contributed by atoms with Gasteiger partial charge in [0.05, 0.1) is 0 Å². The molecule has 1 N–H and O–H groups in total. The van der Waals surface area contributed by atoms with E-state index in [4.69, 9.17) is 0 Å². The molecule has 1 aromatic heterocycles. The molecule has 3 heteroatoms. The maximum Gasteiger partial charge on any atom is 0.225 e. The molecular formula is C11H16N2O. The number of rotatable bonds is 0. The first-order valence-corrected chi connectivity index (χ1v) is 5.02. The number of hydrogen-bond donors (Lipinski definition) is 1. The van der Waals surface area contributed by atoms with Gasteiger partial charge in [-0.05, 0) is 25.0 Å². The third-order valence-electron chi connectivity index (χ3n) is 2.00. The quantitative estimate of drug-likeness (QED) is 0.685. The Morgan fingerprint density at radius 3 is 2.71 bits per heavy atom. The van der Waals surface area contributed by atoms with Gasteiger partial charge in [0, 0.05) is 12.1 Å². The van der Waals surface area contributed by atoms with Gasteiger partial charge in [-0.15, -0.1) is 0 Å². The lowest BCUT2D eigenvalue weighted by Gasteiger charge is -2.15. The molecule has 2 heterocycles. The van der Waals surface area contributed by atoms with Crippen molar-refractivity contribution in [3.8, 4) is 0 Å². The molecule has 2 rings (SSSR count). The zero-order valence-electron chi connectivity index (χ0n) is 8.92. The Bertz CT molecular complexity index is 334. The summed E-state index contributed by atoms with van der Waals surface area (Å²) in [6, 6.07) is 3.99. The summed E-state index contributed by atoms with van der Waals surface area (Å²) in [4.78, 5) is 15.2. The Morgan fingerprint density at radius 2 is 2.00 bits per heavy atom. The molecule has 1 aliphatic heterocycles. The van der Waals surface area contributed by atoms with Crippen LogP contribution < -0.4 is 5.32 Å². The van der Waals surface area contributed by atoms with E-state index in [-0.39, 0.29) is 5.91 Å². The molecule has 3 nitrogen and oxygen atoms in total. The van der Waals surface area contributed by atoms with E-state index in [2.05, 4.69) is 10.3 Å². The van der Waals surface area contributed by atoms with Gasteiger partial charge < -0.3 is 5.32 Å². The summed E-state index contributed by atoms with van der Waals surface area (Å²) in [7, 11) is 0. The summed E-state index contributed by atoms with van der Waals surface area (Å²) in [5.41, 5.74) is 2.08. The third-order valence-corrected chi connectivity index (χ3v) is 2.00. The molecule has 1 amide bonds. The lowest BCUT2D eigenvalue weighted by molar-refractivity contribution is -0.116. The normalized spacial score (nSPS) is 13.5. The number of aromatic nitrogens is 1. The number of aryl methyl sites for hydroxylation is 2. The zero-order valence-corrected chi connectivity index (χ0v) is 8.92. The second kappa shape index (κ2) is 4.74. The molecule has 0 fully saturated rings.